The molecule has 0 radical (unpaired) electrons. The maximum absolute atomic E-state index is 13.9. The molecular weight excluding hydrogens is 351 g/mol. The number of nitrogens with one attached hydrogen (secondary N) is 1. The summed E-state index contributed by atoms with van der Waals surface area (Å²) in [6, 6.07) is 10.7. The van der Waals surface area contributed by atoms with Gasteiger partial charge < -0.3 is 14.8 Å². The average molecular weight is 370 g/mol. The number of ether oxygens (including phenoxy) is 2. The first-order valence-electron chi connectivity index (χ1n) is 8.77. The molecule has 27 heavy (non-hydrogen) atoms. The van der Waals surface area contributed by atoms with Gasteiger partial charge in [0.25, 0.3) is 5.91 Å². The minimum Gasteiger partial charge on any atom is -0.490 e. The number of carbonyl (C=O) groups excluding carboxylic acids is 2. The van der Waals surface area contributed by atoms with Crippen molar-refractivity contribution in [3.63, 3.8) is 0 Å². The summed E-state index contributed by atoms with van der Waals surface area (Å²) in [5.74, 6) is 0.258. The Labute approximate surface area is 155 Å². The van der Waals surface area contributed by atoms with E-state index in [-0.39, 0.29) is 12.1 Å². The van der Waals surface area contributed by atoms with Gasteiger partial charge in [0.1, 0.15) is 11.4 Å². The van der Waals surface area contributed by atoms with Gasteiger partial charge in [0.2, 0.25) is 0 Å². The second kappa shape index (κ2) is 6.57. The van der Waals surface area contributed by atoms with Crippen molar-refractivity contribution in [3.05, 3.63) is 59.4 Å². The van der Waals surface area contributed by atoms with Crippen LogP contribution in [-0.4, -0.2) is 30.1 Å². The van der Waals surface area contributed by atoms with E-state index >= 15 is 0 Å². The summed E-state index contributed by atoms with van der Waals surface area (Å²) in [6.45, 7) is 2.59. The van der Waals surface area contributed by atoms with E-state index in [4.69, 9.17) is 9.47 Å². The Bertz CT molecular complexity index is 917. The lowest BCUT2D eigenvalue weighted by atomic mass is 9.91. The van der Waals surface area contributed by atoms with Gasteiger partial charge >= 0.3 is 6.03 Å². The average Bonchev–Trinajstić information content (AvgIpc) is 2.83. The molecule has 1 saturated heterocycles. The smallest absolute Gasteiger partial charge is 0.325 e. The minimum atomic E-state index is -1.26. The molecule has 0 saturated carbocycles. The first-order valence-corrected chi connectivity index (χ1v) is 8.77. The molecule has 1 atom stereocenters. The lowest BCUT2D eigenvalue weighted by molar-refractivity contribution is -0.131. The number of hydrogen-bond donors (Lipinski definition) is 1. The van der Waals surface area contributed by atoms with Crippen LogP contribution in [0.5, 0.6) is 11.5 Å². The van der Waals surface area contributed by atoms with Crippen LogP contribution in [0.1, 0.15) is 24.5 Å². The van der Waals surface area contributed by atoms with E-state index in [2.05, 4.69) is 5.32 Å². The van der Waals surface area contributed by atoms with Crippen molar-refractivity contribution in [2.24, 2.45) is 0 Å². The van der Waals surface area contributed by atoms with E-state index in [9.17, 15) is 14.0 Å². The van der Waals surface area contributed by atoms with Crippen LogP contribution in [0.3, 0.4) is 0 Å². The highest BCUT2D eigenvalue weighted by Crippen LogP contribution is 2.37. The zero-order chi connectivity index (χ0) is 19.0. The number of rotatable bonds is 3. The molecule has 2 aliphatic heterocycles. The van der Waals surface area contributed by atoms with Gasteiger partial charge in [-0.2, -0.15) is 0 Å². The second-order valence-corrected chi connectivity index (χ2v) is 6.75. The van der Waals surface area contributed by atoms with Crippen LogP contribution in [-0.2, 0) is 16.9 Å². The van der Waals surface area contributed by atoms with Crippen molar-refractivity contribution in [2.45, 2.75) is 25.4 Å². The zero-order valence-corrected chi connectivity index (χ0v) is 14.8. The number of halogens is 1. The van der Waals surface area contributed by atoms with Gasteiger partial charge in [-0.1, -0.05) is 24.3 Å². The maximum Gasteiger partial charge on any atom is 0.325 e. The highest BCUT2D eigenvalue weighted by atomic mass is 19.1. The predicted molar refractivity (Wildman–Crippen MR) is 94.9 cm³/mol. The molecule has 4 rings (SSSR count). The summed E-state index contributed by atoms with van der Waals surface area (Å²) < 4.78 is 25.2. The molecule has 0 spiro atoms. The fraction of sp³-hybridized carbons (Fsp3) is 0.300. The third-order valence-corrected chi connectivity index (χ3v) is 4.89. The van der Waals surface area contributed by atoms with Crippen LogP contribution in [0, 0.1) is 5.82 Å². The molecule has 2 aromatic carbocycles. The molecule has 2 aromatic rings. The van der Waals surface area contributed by atoms with E-state index in [1.807, 2.05) is 0 Å². The normalized spacial score (nSPS) is 21.8. The highest BCUT2D eigenvalue weighted by Gasteiger charge is 2.49. The molecule has 2 heterocycles. The van der Waals surface area contributed by atoms with Gasteiger partial charge in [-0.15, -0.1) is 0 Å². The summed E-state index contributed by atoms with van der Waals surface area (Å²) in [4.78, 5) is 26.5. The van der Waals surface area contributed by atoms with E-state index < -0.39 is 23.3 Å². The number of carbonyl (C=O) groups is 2. The lowest BCUT2D eigenvalue weighted by Gasteiger charge is -2.23. The minimum absolute atomic E-state index is 0.127. The zero-order valence-electron chi connectivity index (χ0n) is 14.8. The second-order valence-electron chi connectivity index (χ2n) is 6.75. The quantitative estimate of drug-likeness (QED) is 0.844. The van der Waals surface area contributed by atoms with Gasteiger partial charge in [0, 0.05) is 12.0 Å². The summed E-state index contributed by atoms with van der Waals surface area (Å²) >= 11 is 0. The van der Waals surface area contributed by atoms with Gasteiger partial charge in [-0.3, -0.25) is 9.69 Å². The molecule has 0 aliphatic carbocycles. The standard InChI is InChI=1S/C20H19FN2O4/c1-20(14-7-8-16-17(11-14)27-10-4-9-26-16)18(24)23(19(25)22-20)12-13-5-2-3-6-15(13)21/h2-3,5-8,11H,4,9-10,12H2,1H3,(H,22,25)/t20-/m1/s1. The lowest BCUT2D eigenvalue weighted by Crippen LogP contribution is -2.40. The van der Waals surface area contributed by atoms with E-state index in [0.717, 1.165) is 11.3 Å². The molecule has 0 unspecified atom stereocenters. The van der Waals surface area contributed by atoms with Crippen LogP contribution in [0.2, 0.25) is 0 Å². The SMILES string of the molecule is C[C@]1(c2ccc3c(c2)OCCCO3)NC(=O)N(Cc2ccccc2F)C1=O. The largest absolute Gasteiger partial charge is 0.490 e. The third-order valence-electron chi connectivity index (χ3n) is 4.89. The molecule has 1 fully saturated rings. The molecule has 6 nitrogen and oxygen atoms in total. The molecule has 7 heteroatoms. The Morgan fingerprint density at radius 3 is 2.63 bits per heavy atom. The van der Waals surface area contributed by atoms with E-state index in [0.29, 0.717) is 30.3 Å². The Hall–Kier alpha value is -3.09. The first-order chi connectivity index (χ1) is 13.0. The van der Waals surface area contributed by atoms with Crippen molar-refractivity contribution in [3.8, 4) is 11.5 Å². The van der Waals surface area contributed by atoms with E-state index in [1.165, 1.54) is 6.07 Å². The van der Waals surface area contributed by atoms with Crippen molar-refractivity contribution < 1.29 is 23.5 Å². The Kier molecular flexibility index (Phi) is 4.22. The van der Waals surface area contributed by atoms with E-state index in [1.54, 1.807) is 43.3 Å². The number of imide groups is 1. The van der Waals surface area contributed by atoms with Crippen LogP contribution in [0.15, 0.2) is 42.5 Å². The molecule has 0 aromatic heterocycles. The summed E-state index contributed by atoms with van der Waals surface area (Å²) in [7, 11) is 0. The highest BCUT2D eigenvalue weighted by molar-refractivity contribution is 6.07. The number of nitrogens with zero attached hydrogens (tertiary/aromatic N) is 1. The van der Waals surface area contributed by atoms with Gasteiger partial charge in [0.15, 0.2) is 11.5 Å². The summed E-state index contributed by atoms with van der Waals surface area (Å²) in [5.41, 5.74) is -0.391. The summed E-state index contributed by atoms with van der Waals surface area (Å²) in [6.07, 6.45) is 0.771. The van der Waals surface area contributed by atoms with Crippen molar-refractivity contribution in [2.75, 3.05) is 13.2 Å². The van der Waals surface area contributed by atoms with Crippen LogP contribution >= 0.6 is 0 Å². The number of amides is 3. The summed E-state index contributed by atoms with van der Waals surface area (Å²) in [5, 5.41) is 2.73. The monoisotopic (exact) mass is 370 g/mol. The molecule has 3 amide bonds. The number of benzene rings is 2. The van der Waals surface area contributed by atoms with Crippen LogP contribution < -0.4 is 14.8 Å². The Balaban J connectivity index is 1.64. The first kappa shape index (κ1) is 17.3. The van der Waals surface area contributed by atoms with Crippen molar-refractivity contribution in [1.82, 2.24) is 10.2 Å². The fourth-order valence-electron chi connectivity index (χ4n) is 3.31. The molecular formula is C20H19FN2O4. The van der Waals surface area contributed by atoms with Crippen molar-refractivity contribution in [1.29, 1.82) is 0 Å². The Morgan fingerprint density at radius 1 is 1.11 bits per heavy atom. The van der Waals surface area contributed by atoms with Gasteiger partial charge in [0.05, 0.1) is 19.8 Å². The molecule has 0 bridgehead atoms. The fourth-order valence-corrected chi connectivity index (χ4v) is 3.31. The van der Waals surface area contributed by atoms with Crippen molar-refractivity contribution >= 4 is 11.9 Å². The van der Waals surface area contributed by atoms with Gasteiger partial charge in [-0.05, 0) is 30.7 Å². The maximum atomic E-state index is 13.9. The molecule has 2 aliphatic rings. The molecule has 1 N–H and O–H groups in total. The number of hydrogen-bond acceptors (Lipinski definition) is 4. The van der Waals surface area contributed by atoms with Gasteiger partial charge in [-0.25, -0.2) is 9.18 Å². The molecule has 140 valence electrons. The third kappa shape index (κ3) is 2.99. The number of urea groups is 1. The van der Waals surface area contributed by atoms with Crippen LogP contribution in [0.25, 0.3) is 0 Å². The number of fused-ring (bicyclic) bond motifs is 1. The topological polar surface area (TPSA) is 67.9 Å². The van der Waals surface area contributed by atoms with Crippen LogP contribution in [0.4, 0.5) is 9.18 Å². The Morgan fingerprint density at radius 2 is 1.85 bits per heavy atom. The predicted octanol–water partition coefficient (Wildman–Crippen LogP) is 2.95.